The highest BCUT2D eigenvalue weighted by atomic mass is 35.5. The molecule has 82 valence electrons. The molecule has 16 heavy (non-hydrogen) atoms. The highest BCUT2D eigenvalue weighted by Crippen LogP contribution is 2.21. The number of aromatic nitrogens is 4. The first-order valence-electron chi connectivity index (χ1n) is 4.64. The zero-order valence-electron chi connectivity index (χ0n) is 8.87. The molecule has 0 saturated carbocycles. The Morgan fingerprint density at radius 3 is 2.94 bits per heavy atom. The highest BCUT2D eigenvalue weighted by Gasteiger charge is 2.17. The molecular formula is C10H10ClN5. The first-order chi connectivity index (χ1) is 7.52. The Hall–Kier alpha value is -1.80. The summed E-state index contributed by atoms with van der Waals surface area (Å²) in [5.41, 5.74) is 0.679. The van der Waals surface area contributed by atoms with Gasteiger partial charge in [-0.1, -0.05) is 5.92 Å². The molecular weight excluding hydrogens is 226 g/mol. The number of imidazole rings is 1. The summed E-state index contributed by atoms with van der Waals surface area (Å²) >= 11 is 5.79. The van der Waals surface area contributed by atoms with Crippen molar-refractivity contribution < 1.29 is 0 Å². The van der Waals surface area contributed by atoms with E-state index in [2.05, 4.69) is 31.2 Å². The predicted octanol–water partition coefficient (Wildman–Crippen LogP) is 1.83. The van der Waals surface area contributed by atoms with Gasteiger partial charge in [0.15, 0.2) is 11.5 Å². The van der Waals surface area contributed by atoms with Crippen LogP contribution < -0.4 is 5.32 Å². The van der Waals surface area contributed by atoms with Crippen LogP contribution in [0.3, 0.4) is 0 Å². The Labute approximate surface area is 97.7 Å². The van der Waals surface area contributed by atoms with Gasteiger partial charge in [0.25, 0.3) is 0 Å². The van der Waals surface area contributed by atoms with Crippen LogP contribution in [0.15, 0.2) is 6.33 Å². The lowest BCUT2D eigenvalue weighted by atomic mass is 10.1. The van der Waals surface area contributed by atoms with E-state index >= 15 is 0 Å². The lowest BCUT2D eigenvalue weighted by Crippen LogP contribution is -2.29. The molecule has 0 bridgehead atoms. The van der Waals surface area contributed by atoms with Crippen molar-refractivity contribution in [1.82, 2.24) is 19.9 Å². The van der Waals surface area contributed by atoms with E-state index in [1.807, 2.05) is 13.8 Å². The summed E-state index contributed by atoms with van der Waals surface area (Å²) in [6, 6.07) is 0. The van der Waals surface area contributed by atoms with Gasteiger partial charge in [-0.25, -0.2) is 4.98 Å². The number of halogens is 1. The molecule has 0 aromatic carbocycles. The van der Waals surface area contributed by atoms with Gasteiger partial charge in [-0.05, 0) is 25.4 Å². The minimum atomic E-state index is -0.518. The number of anilines is 1. The molecule has 0 saturated heterocycles. The lowest BCUT2D eigenvalue weighted by Gasteiger charge is -2.20. The van der Waals surface area contributed by atoms with Crippen LogP contribution in [0.4, 0.5) is 5.82 Å². The van der Waals surface area contributed by atoms with E-state index in [0.29, 0.717) is 17.0 Å². The fourth-order valence-corrected chi connectivity index (χ4v) is 1.39. The number of hydrogen-bond acceptors (Lipinski definition) is 4. The molecule has 0 aliphatic carbocycles. The predicted molar refractivity (Wildman–Crippen MR) is 63.2 cm³/mol. The smallest absolute Gasteiger partial charge is 0.226 e. The van der Waals surface area contributed by atoms with Crippen molar-refractivity contribution in [2.75, 3.05) is 5.32 Å². The number of aromatic amines is 1. The second-order valence-corrected chi connectivity index (χ2v) is 4.17. The number of terminal acetylenes is 1. The van der Waals surface area contributed by atoms with Gasteiger partial charge in [0, 0.05) is 0 Å². The molecule has 0 amide bonds. The fraction of sp³-hybridized carbons (Fsp3) is 0.300. The molecule has 2 N–H and O–H groups in total. The van der Waals surface area contributed by atoms with Gasteiger partial charge in [0.1, 0.15) is 5.52 Å². The SMILES string of the molecule is C#CC(C)(C)Nc1nc(Cl)nc2nc[nH]c12. The van der Waals surface area contributed by atoms with E-state index in [-0.39, 0.29) is 5.28 Å². The summed E-state index contributed by atoms with van der Waals surface area (Å²) in [4.78, 5) is 15.0. The topological polar surface area (TPSA) is 66.5 Å². The van der Waals surface area contributed by atoms with Gasteiger partial charge < -0.3 is 10.3 Å². The van der Waals surface area contributed by atoms with Crippen LogP contribution in [0.5, 0.6) is 0 Å². The molecule has 2 rings (SSSR count). The van der Waals surface area contributed by atoms with Crippen molar-refractivity contribution >= 4 is 28.6 Å². The molecule has 2 heterocycles. The molecule has 0 atom stereocenters. The molecule has 6 heteroatoms. The van der Waals surface area contributed by atoms with Crippen LogP contribution in [0.1, 0.15) is 13.8 Å². The van der Waals surface area contributed by atoms with Crippen LogP contribution >= 0.6 is 11.6 Å². The van der Waals surface area contributed by atoms with Gasteiger partial charge in [-0.2, -0.15) is 9.97 Å². The minimum absolute atomic E-state index is 0.134. The van der Waals surface area contributed by atoms with Crippen LogP contribution in [-0.4, -0.2) is 25.5 Å². The van der Waals surface area contributed by atoms with Gasteiger partial charge >= 0.3 is 0 Å². The second kappa shape index (κ2) is 3.65. The highest BCUT2D eigenvalue weighted by molar-refractivity contribution is 6.28. The number of rotatable bonds is 2. The summed E-state index contributed by atoms with van der Waals surface area (Å²) in [6.45, 7) is 3.73. The molecule has 0 aliphatic heterocycles. The molecule has 5 nitrogen and oxygen atoms in total. The summed E-state index contributed by atoms with van der Waals surface area (Å²) < 4.78 is 0. The molecule has 2 aromatic heterocycles. The van der Waals surface area contributed by atoms with Gasteiger partial charge in [0.05, 0.1) is 11.9 Å². The van der Waals surface area contributed by atoms with E-state index < -0.39 is 5.54 Å². The standard InChI is InChI=1S/C10H10ClN5/c1-4-10(2,3)16-8-6-7(13-5-12-6)14-9(11)15-8/h1,5H,2-3H3,(H2,12,13,14,15,16). The van der Waals surface area contributed by atoms with Crippen molar-refractivity contribution in [2.24, 2.45) is 0 Å². The second-order valence-electron chi connectivity index (χ2n) is 3.84. The molecule has 2 aromatic rings. The van der Waals surface area contributed by atoms with Crippen LogP contribution in [-0.2, 0) is 0 Å². The van der Waals surface area contributed by atoms with Gasteiger partial charge in [-0.3, -0.25) is 0 Å². The van der Waals surface area contributed by atoms with Crippen molar-refractivity contribution in [3.63, 3.8) is 0 Å². The number of nitrogens with zero attached hydrogens (tertiary/aromatic N) is 3. The van der Waals surface area contributed by atoms with Gasteiger partial charge in [0.2, 0.25) is 5.28 Å². The number of H-pyrrole nitrogens is 1. The largest absolute Gasteiger partial charge is 0.352 e. The lowest BCUT2D eigenvalue weighted by molar-refractivity contribution is 0.737. The first-order valence-corrected chi connectivity index (χ1v) is 5.02. The molecule has 0 fully saturated rings. The number of nitrogens with one attached hydrogen (secondary N) is 2. The van der Waals surface area contributed by atoms with E-state index in [4.69, 9.17) is 18.0 Å². The van der Waals surface area contributed by atoms with Crippen molar-refractivity contribution in [1.29, 1.82) is 0 Å². The average molecular weight is 236 g/mol. The minimum Gasteiger partial charge on any atom is -0.352 e. The first kappa shape index (κ1) is 10.7. The maximum atomic E-state index is 5.79. The van der Waals surface area contributed by atoms with Crippen LogP contribution in [0.25, 0.3) is 11.2 Å². The summed E-state index contributed by atoms with van der Waals surface area (Å²) in [7, 11) is 0. The van der Waals surface area contributed by atoms with E-state index in [1.165, 1.54) is 6.33 Å². The third-order valence-corrected chi connectivity index (χ3v) is 2.22. The monoisotopic (exact) mass is 235 g/mol. The fourth-order valence-electron chi connectivity index (χ4n) is 1.23. The van der Waals surface area contributed by atoms with Crippen molar-refractivity contribution in [3.05, 3.63) is 11.6 Å². The maximum absolute atomic E-state index is 5.79. The third-order valence-electron chi connectivity index (χ3n) is 2.05. The molecule has 0 aliphatic rings. The summed E-state index contributed by atoms with van der Waals surface area (Å²) in [5.74, 6) is 3.17. The van der Waals surface area contributed by atoms with Crippen molar-refractivity contribution in [3.8, 4) is 12.3 Å². The summed E-state index contributed by atoms with van der Waals surface area (Å²) in [6.07, 6.45) is 6.93. The third kappa shape index (κ3) is 1.92. The Kier molecular flexibility index (Phi) is 2.44. The Bertz CT molecular complexity index is 566. The molecule has 0 spiro atoms. The number of hydrogen-bond donors (Lipinski definition) is 2. The Morgan fingerprint density at radius 2 is 2.25 bits per heavy atom. The molecule has 0 unspecified atom stereocenters. The average Bonchev–Trinajstić information content (AvgIpc) is 2.65. The van der Waals surface area contributed by atoms with Crippen LogP contribution in [0.2, 0.25) is 5.28 Å². The van der Waals surface area contributed by atoms with Crippen molar-refractivity contribution in [2.45, 2.75) is 19.4 Å². The van der Waals surface area contributed by atoms with Gasteiger partial charge in [-0.15, -0.1) is 6.42 Å². The summed E-state index contributed by atoms with van der Waals surface area (Å²) in [5, 5.41) is 3.23. The number of fused-ring (bicyclic) bond motifs is 1. The van der Waals surface area contributed by atoms with Crippen LogP contribution in [0, 0.1) is 12.3 Å². The van der Waals surface area contributed by atoms with E-state index in [0.717, 1.165) is 0 Å². The Balaban J connectivity index is 2.52. The Morgan fingerprint density at radius 1 is 1.50 bits per heavy atom. The zero-order chi connectivity index (χ0) is 11.8. The molecule has 0 radical (unpaired) electrons. The normalized spacial score (nSPS) is 11.4. The zero-order valence-corrected chi connectivity index (χ0v) is 9.63. The van der Waals surface area contributed by atoms with E-state index in [1.54, 1.807) is 0 Å². The van der Waals surface area contributed by atoms with E-state index in [9.17, 15) is 0 Å². The maximum Gasteiger partial charge on any atom is 0.226 e. The quantitative estimate of drug-likeness (QED) is 0.616.